The molecule has 0 fully saturated rings. The van der Waals surface area contributed by atoms with Crippen LogP contribution >= 0.6 is 22.9 Å². The summed E-state index contributed by atoms with van der Waals surface area (Å²) in [7, 11) is 2.00. The van der Waals surface area contributed by atoms with E-state index in [4.69, 9.17) is 16.9 Å². The highest BCUT2D eigenvalue weighted by molar-refractivity contribution is 7.09. The lowest BCUT2D eigenvalue weighted by molar-refractivity contribution is 0.926. The van der Waals surface area contributed by atoms with E-state index in [1.165, 1.54) is 4.88 Å². The van der Waals surface area contributed by atoms with Crippen molar-refractivity contribution in [1.29, 1.82) is 5.26 Å². The molecule has 18 heavy (non-hydrogen) atoms. The molecule has 0 bridgehead atoms. The van der Waals surface area contributed by atoms with Crippen molar-refractivity contribution in [2.24, 2.45) is 0 Å². The van der Waals surface area contributed by atoms with Crippen LogP contribution in [0, 0.1) is 18.3 Å². The maximum Gasteiger partial charge on any atom is 0.101 e. The number of rotatable bonds is 3. The smallest absolute Gasteiger partial charge is 0.101 e. The first kappa shape index (κ1) is 12.9. The van der Waals surface area contributed by atoms with Gasteiger partial charge in [0.25, 0.3) is 0 Å². The molecule has 1 aromatic heterocycles. The average molecular weight is 278 g/mol. The fourth-order valence-electron chi connectivity index (χ4n) is 1.62. The summed E-state index contributed by atoms with van der Waals surface area (Å²) in [6.07, 6.45) is 0. The number of aryl methyl sites for hydroxylation is 1. The summed E-state index contributed by atoms with van der Waals surface area (Å²) >= 11 is 7.67. The molecule has 0 amide bonds. The van der Waals surface area contributed by atoms with Crippen LogP contribution in [0.5, 0.6) is 0 Å². The third-order valence-corrected chi connectivity index (χ3v) is 3.97. The lowest BCUT2D eigenvalue weighted by atomic mass is 10.2. The molecule has 1 heterocycles. The van der Waals surface area contributed by atoms with Crippen LogP contribution < -0.4 is 4.90 Å². The molecule has 0 unspecified atom stereocenters. The van der Waals surface area contributed by atoms with Gasteiger partial charge in [-0.25, -0.2) is 4.98 Å². The first-order chi connectivity index (χ1) is 8.61. The van der Waals surface area contributed by atoms with Crippen molar-refractivity contribution >= 4 is 28.6 Å². The Kier molecular flexibility index (Phi) is 3.85. The molecule has 0 N–H and O–H groups in total. The minimum atomic E-state index is 0.489. The zero-order valence-electron chi connectivity index (χ0n) is 10.1. The van der Waals surface area contributed by atoms with Crippen LogP contribution in [0.4, 0.5) is 5.69 Å². The Morgan fingerprint density at radius 3 is 2.83 bits per heavy atom. The third kappa shape index (κ3) is 2.63. The van der Waals surface area contributed by atoms with E-state index in [0.29, 0.717) is 10.6 Å². The van der Waals surface area contributed by atoms with Crippen LogP contribution in [0.15, 0.2) is 23.7 Å². The average Bonchev–Trinajstić information content (AvgIpc) is 2.75. The van der Waals surface area contributed by atoms with Crippen molar-refractivity contribution in [3.63, 3.8) is 0 Å². The van der Waals surface area contributed by atoms with Gasteiger partial charge in [-0.2, -0.15) is 5.26 Å². The fraction of sp³-hybridized carbons (Fsp3) is 0.231. The SMILES string of the molecule is Cc1ncsc1CN(C)c1ccc(C#N)c(Cl)c1. The Hall–Kier alpha value is -1.57. The van der Waals surface area contributed by atoms with Crippen molar-refractivity contribution in [3.8, 4) is 6.07 Å². The number of nitrogens with zero attached hydrogens (tertiary/aromatic N) is 3. The Labute approximate surface area is 115 Å². The van der Waals surface area contributed by atoms with Gasteiger partial charge in [0.05, 0.1) is 28.3 Å². The molecule has 0 spiro atoms. The summed E-state index contributed by atoms with van der Waals surface area (Å²) in [6, 6.07) is 7.52. The van der Waals surface area contributed by atoms with E-state index in [2.05, 4.69) is 16.0 Å². The van der Waals surface area contributed by atoms with Crippen LogP contribution in [0.25, 0.3) is 0 Å². The maximum absolute atomic E-state index is 8.84. The predicted molar refractivity (Wildman–Crippen MR) is 75.1 cm³/mol. The van der Waals surface area contributed by atoms with Gasteiger partial charge in [-0.15, -0.1) is 11.3 Å². The van der Waals surface area contributed by atoms with Crippen molar-refractivity contribution in [3.05, 3.63) is 44.9 Å². The van der Waals surface area contributed by atoms with E-state index in [-0.39, 0.29) is 0 Å². The standard InChI is InChI=1S/C13H12ClN3S/c1-9-13(18-8-16-9)7-17(2)11-4-3-10(6-15)12(14)5-11/h3-5,8H,7H2,1-2H3. The summed E-state index contributed by atoms with van der Waals surface area (Å²) in [4.78, 5) is 7.56. The summed E-state index contributed by atoms with van der Waals surface area (Å²) in [6.45, 7) is 2.80. The van der Waals surface area contributed by atoms with Gasteiger partial charge in [0.1, 0.15) is 6.07 Å². The maximum atomic E-state index is 8.84. The molecular weight excluding hydrogens is 266 g/mol. The van der Waals surface area contributed by atoms with E-state index in [9.17, 15) is 0 Å². The minimum Gasteiger partial charge on any atom is -0.369 e. The summed E-state index contributed by atoms with van der Waals surface area (Å²) in [5.74, 6) is 0. The van der Waals surface area contributed by atoms with Crippen LogP contribution in [0.1, 0.15) is 16.1 Å². The number of anilines is 1. The molecule has 0 aliphatic heterocycles. The molecule has 2 rings (SSSR count). The molecule has 3 nitrogen and oxygen atoms in total. The van der Waals surface area contributed by atoms with E-state index < -0.39 is 0 Å². The molecule has 0 aliphatic carbocycles. The number of hydrogen-bond acceptors (Lipinski definition) is 4. The van der Waals surface area contributed by atoms with Crippen LogP contribution in [-0.2, 0) is 6.54 Å². The molecular formula is C13H12ClN3S. The number of aromatic nitrogens is 1. The van der Waals surface area contributed by atoms with E-state index in [1.807, 2.05) is 31.6 Å². The number of thiazole rings is 1. The highest BCUT2D eigenvalue weighted by atomic mass is 35.5. The Balaban J connectivity index is 2.19. The number of hydrogen-bond donors (Lipinski definition) is 0. The van der Waals surface area contributed by atoms with Crippen LogP contribution in [-0.4, -0.2) is 12.0 Å². The highest BCUT2D eigenvalue weighted by Crippen LogP contribution is 2.24. The van der Waals surface area contributed by atoms with Crippen LogP contribution in [0.3, 0.4) is 0 Å². The van der Waals surface area contributed by atoms with Crippen LogP contribution in [0.2, 0.25) is 5.02 Å². The van der Waals surface area contributed by atoms with Gasteiger partial charge in [-0.3, -0.25) is 0 Å². The zero-order valence-corrected chi connectivity index (χ0v) is 11.7. The molecule has 5 heteroatoms. The van der Waals surface area contributed by atoms with Crippen molar-refractivity contribution in [2.45, 2.75) is 13.5 Å². The number of halogens is 1. The van der Waals surface area contributed by atoms with Gasteiger partial charge in [0.2, 0.25) is 0 Å². The molecule has 2 aromatic rings. The van der Waals surface area contributed by atoms with E-state index >= 15 is 0 Å². The predicted octanol–water partition coefficient (Wildman–Crippen LogP) is 3.61. The quantitative estimate of drug-likeness (QED) is 0.860. The van der Waals surface area contributed by atoms with Crippen molar-refractivity contribution in [2.75, 3.05) is 11.9 Å². The molecule has 92 valence electrons. The Morgan fingerprint density at radius 2 is 2.28 bits per heavy atom. The number of nitriles is 1. The van der Waals surface area contributed by atoms with Gasteiger partial charge in [-0.05, 0) is 25.1 Å². The first-order valence-corrected chi connectivity index (χ1v) is 6.67. The monoisotopic (exact) mass is 277 g/mol. The Morgan fingerprint density at radius 1 is 1.50 bits per heavy atom. The molecule has 0 saturated heterocycles. The lowest BCUT2D eigenvalue weighted by Gasteiger charge is -2.19. The second-order valence-corrected chi connectivity index (χ2v) is 5.34. The highest BCUT2D eigenvalue weighted by Gasteiger charge is 2.08. The largest absolute Gasteiger partial charge is 0.369 e. The molecule has 0 radical (unpaired) electrons. The van der Waals surface area contributed by atoms with E-state index in [1.54, 1.807) is 17.4 Å². The molecule has 0 saturated carbocycles. The molecule has 0 aliphatic rings. The normalized spacial score (nSPS) is 10.1. The second-order valence-electron chi connectivity index (χ2n) is 3.99. The van der Waals surface area contributed by atoms with Gasteiger partial charge < -0.3 is 4.90 Å². The first-order valence-electron chi connectivity index (χ1n) is 5.41. The van der Waals surface area contributed by atoms with Crippen molar-refractivity contribution < 1.29 is 0 Å². The van der Waals surface area contributed by atoms with Gasteiger partial charge in [-0.1, -0.05) is 11.6 Å². The topological polar surface area (TPSA) is 39.9 Å². The minimum absolute atomic E-state index is 0.489. The van der Waals surface area contributed by atoms with Gasteiger partial charge >= 0.3 is 0 Å². The third-order valence-electron chi connectivity index (χ3n) is 2.74. The molecule has 1 aromatic carbocycles. The van der Waals surface area contributed by atoms with Crippen molar-refractivity contribution in [1.82, 2.24) is 4.98 Å². The summed E-state index contributed by atoms with van der Waals surface area (Å²) < 4.78 is 0. The molecule has 0 atom stereocenters. The lowest BCUT2D eigenvalue weighted by Crippen LogP contribution is -2.16. The summed E-state index contributed by atoms with van der Waals surface area (Å²) in [5.41, 5.74) is 4.41. The second kappa shape index (κ2) is 5.38. The zero-order chi connectivity index (χ0) is 13.1. The van der Waals surface area contributed by atoms with Gasteiger partial charge in [0.15, 0.2) is 0 Å². The number of benzene rings is 1. The summed E-state index contributed by atoms with van der Waals surface area (Å²) in [5, 5.41) is 9.33. The van der Waals surface area contributed by atoms with Gasteiger partial charge in [0, 0.05) is 17.6 Å². The Bertz CT molecular complexity index is 601. The van der Waals surface area contributed by atoms with E-state index in [0.717, 1.165) is 17.9 Å². The fourth-order valence-corrected chi connectivity index (χ4v) is 2.66.